The van der Waals surface area contributed by atoms with Crippen LogP contribution in [0.15, 0.2) is 17.0 Å². The monoisotopic (exact) mass is 382 g/mol. The number of sulfone groups is 1. The van der Waals surface area contributed by atoms with Gasteiger partial charge in [0, 0.05) is 6.26 Å². The second kappa shape index (κ2) is 5.87. The molecule has 1 N–H and O–H groups in total. The summed E-state index contributed by atoms with van der Waals surface area (Å²) in [6.07, 6.45) is -12.5. The van der Waals surface area contributed by atoms with E-state index in [4.69, 9.17) is 0 Å². The van der Waals surface area contributed by atoms with Crippen LogP contribution in [-0.2, 0) is 15.4 Å². The smallest absolute Gasteiger partial charge is 0.369 e. The lowest BCUT2D eigenvalue weighted by Gasteiger charge is -2.34. The molecule has 0 saturated carbocycles. The van der Waals surface area contributed by atoms with E-state index in [9.17, 15) is 44.3 Å². The van der Waals surface area contributed by atoms with Crippen molar-refractivity contribution in [2.45, 2.75) is 42.6 Å². The summed E-state index contributed by atoms with van der Waals surface area (Å²) >= 11 is 0. The molecule has 3 nitrogen and oxygen atoms in total. The third kappa shape index (κ3) is 3.37. The van der Waals surface area contributed by atoms with Crippen LogP contribution in [0, 0.1) is 5.82 Å². The third-order valence-electron chi connectivity index (χ3n) is 3.32. The fourth-order valence-corrected chi connectivity index (χ4v) is 2.99. The van der Waals surface area contributed by atoms with Gasteiger partial charge in [0.25, 0.3) is 5.60 Å². The van der Waals surface area contributed by atoms with Crippen LogP contribution in [-0.4, -0.2) is 32.1 Å². The van der Waals surface area contributed by atoms with Crippen molar-refractivity contribution in [3.63, 3.8) is 0 Å². The minimum atomic E-state index is -6.40. The Morgan fingerprint density at radius 2 is 1.42 bits per heavy atom. The van der Waals surface area contributed by atoms with Gasteiger partial charge >= 0.3 is 12.4 Å². The number of aliphatic hydroxyl groups is 1. The molecule has 0 radical (unpaired) electrons. The van der Waals surface area contributed by atoms with Gasteiger partial charge in [-0.15, -0.1) is 0 Å². The highest BCUT2D eigenvalue weighted by molar-refractivity contribution is 7.90. The molecule has 24 heavy (non-hydrogen) atoms. The van der Waals surface area contributed by atoms with Crippen molar-refractivity contribution >= 4 is 9.84 Å². The number of benzene rings is 1. The van der Waals surface area contributed by atoms with E-state index in [0.717, 1.165) is 0 Å². The maximum Gasteiger partial charge on any atom is 0.430 e. The van der Waals surface area contributed by atoms with Gasteiger partial charge in [-0.1, -0.05) is 13.8 Å². The molecule has 138 valence electrons. The molecule has 0 bridgehead atoms. The Hall–Kier alpha value is -1.36. The summed E-state index contributed by atoms with van der Waals surface area (Å²) in [5, 5.41) is 9.36. The van der Waals surface area contributed by atoms with E-state index in [1.807, 2.05) is 0 Å². The maximum absolute atomic E-state index is 14.1. The molecule has 1 aromatic rings. The zero-order chi connectivity index (χ0) is 19.3. The van der Waals surface area contributed by atoms with Gasteiger partial charge in [-0.05, 0) is 23.6 Å². The fraction of sp³-hybridized carbons (Fsp3) is 0.538. The molecule has 1 aromatic carbocycles. The molecule has 0 aliphatic carbocycles. The Morgan fingerprint density at radius 1 is 1.00 bits per heavy atom. The Morgan fingerprint density at radius 3 is 1.71 bits per heavy atom. The Labute approximate surface area is 133 Å². The van der Waals surface area contributed by atoms with Crippen molar-refractivity contribution in [2.75, 3.05) is 6.26 Å². The van der Waals surface area contributed by atoms with Crippen molar-refractivity contribution in [2.24, 2.45) is 0 Å². The minimum absolute atomic E-state index is 0.136. The molecule has 0 heterocycles. The molecule has 0 fully saturated rings. The number of rotatable bonds is 3. The predicted molar refractivity (Wildman–Crippen MR) is 69.6 cm³/mol. The highest BCUT2D eigenvalue weighted by Gasteiger charge is 2.73. The molecule has 0 aromatic heterocycles. The quantitative estimate of drug-likeness (QED) is 0.812. The summed E-state index contributed by atoms with van der Waals surface area (Å²) in [6, 6.07) is 0.845. The Balaban J connectivity index is 4.07. The van der Waals surface area contributed by atoms with Crippen LogP contribution in [0.3, 0.4) is 0 Å². The van der Waals surface area contributed by atoms with Crippen molar-refractivity contribution in [3.05, 3.63) is 29.1 Å². The molecule has 0 saturated heterocycles. The first kappa shape index (κ1) is 20.7. The zero-order valence-electron chi connectivity index (χ0n) is 12.5. The van der Waals surface area contributed by atoms with Gasteiger partial charge in [-0.3, -0.25) is 0 Å². The van der Waals surface area contributed by atoms with Crippen molar-refractivity contribution in [1.82, 2.24) is 0 Å². The first-order valence-electron chi connectivity index (χ1n) is 6.34. The van der Waals surface area contributed by atoms with Crippen molar-refractivity contribution < 1.29 is 44.3 Å². The molecule has 0 aliphatic heterocycles. The molecule has 0 atom stereocenters. The van der Waals surface area contributed by atoms with Gasteiger partial charge in [0.15, 0.2) is 9.84 Å². The van der Waals surface area contributed by atoms with Gasteiger partial charge in [0.2, 0.25) is 0 Å². The summed E-state index contributed by atoms with van der Waals surface area (Å²) in [4.78, 5) is -1.57. The summed E-state index contributed by atoms with van der Waals surface area (Å²) in [6.45, 7) is 2.86. The molecule has 0 unspecified atom stereocenters. The molecule has 0 aliphatic rings. The summed E-state index contributed by atoms with van der Waals surface area (Å²) < 4.78 is 115. The van der Waals surface area contributed by atoms with Crippen LogP contribution >= 0.6 is 0 Å². The van der Waals surface area contributed by atoms with E-state index in [0.29, 0.717) is 18.4 Å². The van der Waals surface area contributed by atoms with Gasteiger partial charge < -0.3 is 5.11 Å². The van der Waals surface area contributed by atoms with E-state index in [1.54, 1.807) is 0 Å². The predicted octanol–water partition coefficient (Wildman–Crippen LogP) is 3.66. The first-order valence-corrected chi connectivity index (χ1v) is 8.23. The Kier molecular flexibility index (Phi) is 5.06. The highest BCUT2D eigenvalue weighted by atomic mass is 32.2. The normalized spacial score (nSPS) is 14.3. The van der Waals surface area contributed by atoms with Crippen LogP contribution in [0.1, 0.15) is 30.9 Å². The summed E-state index contributed by atoms with van der Waals surface area (Å²) in [5.41, 5.74) is -8.18. The lowest BCUT2D eigenvalue weighted by Crippen LogP contribution is -2.55. The number of alkyl halides is 6. The average Bonchev–Trinajstić information content (AvgIpc) is 2.32. The van der Waals surface area contributed by atoms with Crippen molar-refractivity contribution in [3.8, 4) is 0 Å². The van der Waals surface area contributed by atoms with Gasteiger partial charge in [0.05, 0.1) is 10.5 Å². The van der Waals surface area contributed by atoms with Gasteiger partial charge in [-0.25, -0.2) is 12.8 Å². The van der Waals surface area contributed by atoms with E-state index >= 15 is 0 Å². The average molecular weight is 382 g/mol. The summed E-state index contributed by atoms with van der Waals surface area (Å²) in [5.74, 6) is -2.70. The standard InChI is InChI=1S/C13H13F7O3S/c1-6(2)7-4-8(14)10(9(5-7)24(3,22)23)11(21,12(15,16)17)13(18,19)20/h4-6,21H,1-3H3. The molecule has 11 heteroatoms. The number of hydrogen-bond donors (Lipinski definition) is 1. The lowest BCUT2D eigenvalue weighted by molar-refractivity contribution is -0.377. The molecule has 1 rings (SSSR count). The third-order valence-corrected chi connectivity index (χ3v) is 4.45. The maximum atomic E-state index is 14.1. The Bertz CT molecular complexity index is 719. The molecular formula is C13H13F7O3S. The van der Waals surface area contributed by atoms with Crippen LogP contribution in [0.5, 0.6) is 0 Å². The number of hydrogen-bond acceptors (Lipinski definition) is 3. The van der Waals surface area contributed by atoms with E-state index in [-0.39, 0.29) is 5.56 Å². The van der Waals surface area contributed by atoms with E-state index in [1.165, 1.54) is 13.8 Å². The fourth-order valence-electron chi connectivity index (χ4n) is 2.02. The molecule has 0 amide bonds. The lowest BCUT2D eigenvalue weighted by atomic mass is 9.89. The van der Waals surface area contributed by atoms with Crippen LogP contribution in [0.2, 0.25) is 0 Å². The largest absolute Gasteiger partial charge is 0.430 e. The minimum Gasteiger partial charge on any atom is -0.369 e. The summed E-state index contributed by atoms with van der Waals surface area (Å²) in [7, 11) is -4.72. The second-order valence-corrected chi connectivity index (χ2v) is 7.49. The SMILES string of the molecule is CC(C)c1cc(F)c(C(O)(C(F)(F)F)C(F)(F)F)c(S(C)(=O)=O)c1. The zero-order valence-corrected chi connectivity index (χ0v) is 13.4. The van der Waals surface area contributed by atoms with Gasteiger partial charge in [0.1, 0.15) is 5.82 Å². The molecule has 0 spiro atoms. The van der Waals surface area contributed by atoms with Gasteiger partial charge in [-0.2, -0.15) is 26.3 Å². The van der Waals surface area contributed by atoms with Crippen LogP contribution < -0.4 is 0 Å². The van der Waals surface area contributed by atoms with Crippen LogP contribution in [0.25, 0.3) is 0 Å². The highest BCUT2D eigenvalue weighted by Crippen LogP contribution is 2.52. The van der Waals surface area contributed by atoms with Crippen molar-refractivity contribution in [1.29, 1.82) is 0 Å². The molecular weight excluding hydrogens is 369 g/mol. The van der Waals surface area contributed by atoms with Crippen LogP contribution in [0.4, 0.5) is 30.7 Å². The van der Waals surface area contributed by atoms with E-state index in [2.05, 4.69) is 0 Å². The number of halogens is 7. The second-order valence-electron chi connectivity index (χ2n) is 5.51. The van der Waals surface area contributed by atoms with E-state index < -0.39 is 50.0 Å². The topological polar surface area (TPSA) is 54.4 Å². The first-order chi connectivity index (χ1) is 10.4.